The summed E-state index contributed by atoms with van der Waals surface area (Å²) in [6, 6.07) is 12.7. The van der Waals surface area contributed by atoms with Gasteiger partial charge in [0.25, 0.3) is 5.91 Å². The number of ether oxygens (including phenoxy) is 2. The first-order valence-electron chi connectivity index (χ1n) is 7.36. The van der Waals surface area contributed by atoms with Crippen molar-refractivity contribution in [2.75, 3.05) is 20.8 Å². The summed E-state index contributed by atoms with van der Waals surface area (Å²) >= 11 is 6.15. The molecule has 0 unspecified atom stereocenters. The lowest BCUT2D eigenvalue weighted by Crippen LogP contribution is -2.26. The summed E-state index contributed by atoms with van der Waals surface area (Å²) in [4.78, 5) is 14.2. The molecule has 2 rings (SSSR count). The normalized spacial score (nSPS) is 10.3. The van der Waals surface area contributed by atoms with Crippen LogP contribution in [0, 0.1) is 0 Å². The molecule has 2 aromatic carbocycles. The van der Waals surface area contributed by atoms with E-state index in [1.807, 2.05) is 31.2 Å². The highest BCUT2D eigenvalue weighted by Gasteiger charge is 2.15. The molecule has 0 saturated carbocycles. The lowest BCUT2D eigenvalue weighted by atomic mass is 10.1. The van der Waals surface area contributed by atoms with Crippen molar-refractivity contribution < 1.29 is 14.3 Å². The third-order valence-corrected chi connectivity index (χ3v) is 3.72. The molecule has 0 fully saturated rings. The molecule has 0 aliphatic carbocycles. The Kier molecular flexibility index (Phi) is 5.88. The number of hydrogen-bond acceptors (Lipinski definition) is 3. The molecular formula is C18H20ClNO3. The number of carbonyl (C=O) groups excluding carboxylic acids is 1. The van der Waals surface area contributed by atoms with E-state index in [4.69, 9.17) is 21.1 Å². The zero-order valence-corrected chi connectivity index (χ0v) is 14.3. The number of benzene rings is 2. The number of para-hydroxylation sites is 1. The highest BCUT2D eigenvalue weighted by molar-refractivity contribution is 6.32. The first kappa shape index (κ1) is 17.2. The molecule has 0 saturated heterocycles. The molecular weight excluding hydrogens is 314 g/mol. The highest BCUT2D eigenvalue weighted by atomic mass is 35.5. The van der Waals surface area contributed by atoms with Gasteiger partial charge in [0.15, 0.2) is 0 Å². The van der Waals surface area contributed by atoms with Gasteiger partial charge in [0.2, 0.25) is 0 Å². The molecule has 0 aliphatic heterocycles. The molecule has 23 heavy (non-hydrogen) atoms. The average Bonchev–Trinajstić information content (AvgIpc) is 2.56. The van der Waals surface area contributed by atoms with Gasteiger partial charge in [-0.25, -0.2) is 0 Å². The van der Waals surface area contributed by atoms with E-state index in [1.54, 1.807) is 37.3 Å². The van der Waals surface area contributed by atoms with E-state index in [0.29, 0.717) is 29.5 Å². The van der Waals surface area contributed by atoms with Crippen molar-refractivity contribution in [3.63, 3.8) is 0 Å². The lowest BCUT2D eigenvalue weighted by molar-refractivity contribution is 0.0784. The van der Waals surface area contributed by atoms with Crippen molar-refractivity contribution in [2.45, 2.75) is 13.5 Å². The second-order valence-corrected chi connectivity index (χ2v) is 5.46. The van der Waals surface area contributed by atoms with Crippen LogP contribution in [-0.2, 0) is 6.54 Å². The molecule has 1 amide bonds. The molecule has 0 heterocycles. The Morgan fingerprint density at radius 1 is 1.17 bits per heavy atom. The van der Waals surface area contributed by atoms with Crippen LogP contribution in [0.15, 0.2) is 42.5 Å². The standard InChI is InChI=1S/C18H20ClNO3/c1-4-23-17-10-9-13(11-15(17)19)18(21)20(2)12-14-7-5-6-8-16(14)22-3/h5-11H,4,12H2,1-3H3. The fraction of sp³-hybridized carbons (Fsp3) is 0.278. The molecule has 0 N–H and O–H groups in total. The number of halogens is 1. The number of methoxy groups -OCH3 is 1. The average molecular weight is 334 g/mol. The maximum absolute atomic E-state index is 12.6. The Morgan fingerprint density at radius 2 is 1.91 bits per heavy atom. The van der Waals surface area contributed by atoms with Crippen molar-refractivity contribution in [3.8, 4) is 11.5 Å². The maximum Gasteiger partial charge on any atom is 0.253 e. The molecule has 0 spiro atoms. The van der Waals surface area contributed by atoms with Crippen LogP contribution in [0.1, 0.15) is 22.8 Å². The van der Waals surface area contributed by atoms with Gasteiger partial charge in [-0.05, 0) is 31.2 Å². The maximum atomic E-state index is 12.6. The minimum Gasteiger partial charge on any atom is -0.496 e. The Hall–Kier alpha value is -2.20. The predicted octanol–water partition coefficient (Wildman–Crippen LogP) is 4.02. The second-order valence-electron chi connectivity index (χ2n) is 5.05. The van der Waals surface area contributed by atoms with Crippen LogP contribution in [0.2, 0.25) is 5.02 Å². The first-order valence-corrected chi connectivity index (χ1v) is 7.74. The molecule has 2 aromatic rings. The molecule has 122 valence electrons. The van der Waals surface area contributed by atoms with Crippen molar-refractivity contribution in [1.29, 1.82) is 0 Å². The quantitative estimate of drug-likeness (QED) is 0.801. The summed E-state index contributed by atoms with van der Waals surface area (Å²) in [6.45, 7) is 2.87. The summed E-state index contributed by atoms with van der Waals surface area (Å²) in [7, 11) is 3.37. The Balaban J connectivity index is 2.15. The number of amides is 1. The Bertz CT molecular complexity index is 688. The van der Waals surface area contributed by atoms with Crippen LogP contribution < -0.4 is 9.47 Å². The van der Waals surface area contributed by atoms with E-state index < -0.39 is 0 Å². The fourth-order valence-corrected chi connectivity index (χ4v) is 2.52. The molecule has 0 aromatic heterocycles. The van der Waals surface area contributed by atoms with Crippen molar-refractivity contribution >= 4 is 17.5 Å². The minimum atomic E-state index is -0.110. The topological polar surface area (TPSA) is 38.8 Å². The molecule has 0 aliphatic rings. The van der Waals surface area contributed by atoms with Crippen LogP contribution in [0.3, 0.4) is 0 Å². The third-order valence-electron chi connectivity index (χ3n) is 3.43. The zero-order valence-electron chi connectivity index (χ0n) is 13.5. The van der Waals surface area contributed by atoms with Gasteiger partial charge in [-0.15, -0.1) is 0 Å². The smallest absolute Gasteiger partial charge is 0.253 e. The second kappa shape index (κ2) is 7.88. The number of carbonyl (C=O) groups is 1. The zero-order chi connectivity index (χ0) is 16.8. The number of nitrogens with zero attached hydrogens (tertiary/aromatic N) is 1. The largest absolute Gasteiger partial charge is 0.496 e. The summed E-state index contributed by atoms with van der Waals surface area (Å²) in [6.07, 6.45) is 0. The van der Waals surface area contributed by atoms with Gasteiger partial charge in [-0.2, -0.15) is 0 Å². The van der Waals surface area contributed by atoms with Gasteiger partial charge < -0.3 is 14.4 Å². The summed E-state index contributed by atoms with van der Waals surface area (Å²) in [5, 5.41) is 0.434. The van der Waals surface area contributed by atoms with E-state index in [2.05, 4.69) is 0 Å². The minimum absolute atomic E-state index is 0.110. The third kappa shape index (κ3) is 4.17. The SMILES string of the molecule is CCOc1ccc(C(=O)N(C)Cc2ccccc2OC)cc1Cl. The molecule has 5 heteroatoms. The molecule has 0 bridgehead atoms. The fourth-order valence-electron chi connectivity index (χ4n) is 2.29. The number of rotatable bonds is 6. The molecule has 4 nitrogen and oxygen atoms in total. The van der Waals surface area contributed by atoms with Gasteiger partial charge in [-0.1, -0.05) is 29.8 Å². The monoisotopic (exact) mass is 333 g/mol. The van der Waals surface area contributed by atoms with Crippen LogP contribution in [-0.4, -0.2) is 31.6 Å². The van der Waals surface area contributed by atoms with E-state index >= 15 is 0 Å². The van der Waals surface area contributed by atoms with Gasteiger partial charge in [0, 0.05) is 24.7 Å². The van der Waals surface area contributed by atoms with Gasteiger partial charge in [-0.3, -0.25) is 4.79 Å². The highest BCUT2D eigenvalue weighted by Crippen LogP contribution is 2.26. The Labute approximate surface area is 141 Å². The summed E-state index contributed by atoms with van der Waals surface area (Å²) in [5.41, 5.74) is 1.47. The van der Waals surface area contributed by atoms with Crippen LogP contribution in [0.4, 0.5) is 0 Å². The first-order chi connectivity index (χ1) is 11.1. The van der Waals surface area contributed by atoms with Crippen LogP contribution in [0.5, 0.6) is 11.5 Å². The summed E-state index contributed by atoms with van der Waals surface area (Å²) < 4.78 is 10.7. The van der Waals surface area contributed by atoms with E-state index in [0.717, 1.165) is 11.3 Å². The van der Waals surface area contributed by atoms with Crippen molar-refractivity contribution in [2.24, 2.45) is 0 Å². The van der Waals surface area contributed by atoms with E-state index in [-0.39, 0.29) is 5.91 Å². The van der Waals surface area contributed by atoms with Crippen molar-refractivity contribution in [3.05, 3.63) is 58.6 Å². The van der Waals surface area contributed by atoms with Gasteiger partial charge >= 0.3 is 0 Å². The van der Waals surface area contributed by atoms with Crippen LogP contribution >= 0.6 is 11.6 Å². The molecule has 0 atom stereocenters. The van der Waals surface area contributed by atoms with Gasteiger partial charge in [0.05, 0.1) is 18.7 Å². The number of hydrogen-bond donors (Lipinski definition) is 0. The van der Waals surface area contributed by atoms with Gasteiger partial charge in [0.1, 0.15) is 11.5 Å². The molecule has 0 radical (unpaired) electrons. The summed E-state index contributed by atoms with van der Waals surface area (Å²) in [5.74, 6) is 1.23. The van der Waals surface area contributed by atoms with Crippen LogP contribution in [0.25, 0.3) is 0 Å². The lowest BCUT2D eigenvalue weighted by Gasteiger charge is -2.19. The van der Waals surface area contributed by atoms with Crippen molar-refractivity contribution in [1.82, 2.24) is 4.90 Å². The van der Waals surface area contributed by atoms with E-state index in [1.165, 1.54) is 0 Å². The Morgan fingerprint density at radius 3 is 2.57 bits per heavy atom. The van der Waals surface area contributed by atoms with E-state index in [9.17, 15) is 4.79 Å². The predicted molar refractivity (Wildman–Crippen MR) is 91.4 cm³/mol.